The fourth-order valence-corrected chi connectivity index (χ4v) is 3.70. The van der Waals surface area contributed by atoms with Crippen LogP contribution < -0.4 is 10.2 Å². The maximum Gasteiger partial charge on any atom is 0.275 e. The van der Waals surface area contributed by atoms with Gasteiger partial charge in [-0.05, 0) is 30.9 Å². The number of hydrogen-bond donors (Lipinski definition) is 2. The van der Waals surface area contributed by atoms with Crippen LogP contribution in [0.3, 0.4) is 0 Å². The molecule has 2 aliphatic rings. The van der Waals surface area contributed by atoms with Crippen molar-refractivity contribution in [2.24, 2.45) is 5.92 Å². The van der Waals surface area contributed by atoms with Crippen LogP contribution in [0.15, 0.2) is 24.3 Å². The average molecular weight is 319 g/mol. The molecule has 2 N–H and O–H groups in total. The van der Waals surface area contributed by atoms with Gasteiger partial charge in [0, 0.05) is 24.4 Å². The highest BCUT2D eigenvalue weighted by Crippen LogP contribution is 2.23. The number of carbonyl (C=O) groups is 1. The van der Waals surface area contributed by atoms with Crippen LogP contribution in [-0.2, 0) is 11.3 Å². The number of hydrogen-bond acceptors (Lipinski definition) is 1. The number of rotatable bonds is 6. The number of carbonyl (C=O) groups excluding carboxylic acids is 1. The van der Waals surface area contributed by atoms with Crippen molar-refractivity contribution in [2.75, 3.05) is 6.54 Å². The van der Waals surface area contributed by atoms with Crippen LogP contribution in [-0.4, -0.2) is 24.5 Å². The molecule has 2 saturated carbocycles. The number of amides is 1. The van der Waals surface area contributed by atoms with Crippen LogP contribution in [0.4, 0.5) is 4.39 Å². The van der Waals surface area contributed by atoms with E-state index in [1.807, 2.05) is 12.1 Å². The Morgan fingerprint density at radius 1 is 1.17 bits per heavy atom. The molecule has 0 spiro atoms. The molecule has 3 atom stereocenters. The third kappa shape index (κ3) is 4.77. The first-order chi connectivity index (χ1) is 11.1. The van der Waals surface area contributed by atoms with Gasteiger partial charge in [0.25, 0.3) is 5.91 Å². The van der Waals surface area contributed by atoms with Gasteiger partial charge in [-0.1, -0.05) is 31.9 Å². The van der Waals surface area contributed by atoms with Crippen LogP contribution in [0.1, 0.15) is 51.0 Å². The SMILES string of the molecule is C[C@H]1CCCC[C@H]1NC(=O)C[NH+](Cc1ccc(F)cc1)C1CC1. The first-order valence-electron chi connectivity index (χ1n) is 9.00. The predicted octanol–water partition coefficient (Wildman–Crippen LogP) is 2.07. The van der Waals surface area contributed by atoms with Gasteiger partial charge < -0.3 is 10.2 Å². The molecule has 126 valence electrons. The fourth-order valence-electron chi connectivity index (χ4n) is 3.70. The van der Waals surface area contributed by atoms with E-state index in [0.717, 1.165) is 18.5 Å². The van der Waals surface area contributed by atoms with Crippen molar-refractivity contribution >= 4 is 5.91 Å². The van der Waals surface area contributed by atoms with E-state index >= 15 is 0 Å². The number of halogens is 1. The van der Waals surface area contributed by atoms with E-state index in [4.69, 9.17) is 0 Å². The minimum Gasteiger partial charge on any atom is -0.348 e. The Labute approximate surface area is 138 Å². The standard InChI is InChI=1S/C19H27FN2O/c1-14-4-2-3-5-18(14)21-19(23)13-22(17-10-11-17)12-15-6-8-16(20)9-7-15/h6-9,14,17-18H,2-5,10-13H2,1H3,(H,21,23)/p+1/t14-,18+/m0/s1. The van der Waals surface area contributed by atoms with E-state index in [9.17, 15) is 9.18 Å². The maximum absolute atomic E-state index is 13.0. The van der Waals surface area contributed by atoms with Crippen molar-refractivity contribution < 1.29 is 14.1 Å². The molecule has 4 heteroatoms. The minimum atomic E-state index is -0.203. The van der Waals surface area contributed by atoms with Gasteiger partial charge in [-0.3, -0.25) is 4.79 Å². The van der Waals surface area contributed by atoms with Crippen LogP contribution in [0.2, 0.25) is 0 Å². The normalized spacial score (nSPS) is 25.8. The Morgan fingerprint density at radius 3 is 2.52 bits per heavy atom. The Morgan fingerprint density at radius 2 is 1.87 bits per heavy atom. The summed E-state index contributed by atoms with van der Waals surface area (Å²) in [6.45, 7) is 3.58. The van der Waals surface area contributed by atoms with E-state index in [1.54, 1.807) is 0 Å². The van der Waals surface area contributed by atoms with Gasteiger partial charge >= 0.3 is 0 Å². The monoisotopic (exact) mass is 319 g/mol. The molecule has 23 heavy (non-hydrogen) atoms. The zero-order valence-corrected chi connectivity index (χ0v) is 14.0. The zero-order chi connectivity index (χ0) is 16.2. The summed E-state index contributed by atoms with van der Waals surface area (Å²) in [6, 6.07) is 7.61. The third-order valence-electron chi connectivity index (χ3n) is 5.34. The van der Waals surface area contributed by atoms with E-state index < -0.39 is 0 Å². The first kappa shape index (κ1) is 16.4. The van der Waals surface area contributed by atoms with Gasteiger partial charge in [-0.2, -0.15) is 0 Å². The molecular weight excluding hydrogens is 291 g/mol. The lowest BCUT2D eigenvalue weighted by molar-refractivity contribution is -0.917. The molecule has 2 fully saturated rings. The predicted molar refractivity (Wildman–Crippen MR) is 88.5 cm³/mol. The molecule has 1 aromatic rings. The second kappa shape index (κ2) is 7.43. The zero-order valence-electron chi connectivity index (χ0n) is 14.0. The Hall–Kier alpha value is -1.42. The molecule has 0 aliphatic heterocycles. The lowest BCUT2D eigenvalue weighted by atomic mass is 9.86. The third-order valence-corrected chi connectivity index (χ3v) is 5.34. The molecule has 0 heterocycles. The largest absolute Gasteiger partial charge is 0.348 e. The summed E-state index contributed by atoms with van der Waals surface area (Å²) in [5, 5.41) is 3.26. The minimum absolute atomic E-state index is 0.174. The molecule has 1 unspecified atom stereocenters. The van der Waals surface area contributed by atoms with E-state index in [0.29, 0.717) is 24.5 Å². The summed E-state index contributed by atoms with van der Waals surface area (Å²) in [5.74, 6) is 0.563. The van der Waals surface area contributed by atoms with Gasteiger partial charge in [-0.15, -0.1) is 0 Å². The highest BCUT2D eigenvalue weighted by molar-refractivity contribution is 5.77. The molecule has 0 saturated heterocycles. The van der Waals surface area contributed by atoms with Crippen LogP contribution in [0.25, 0.3) is 0 Å². The Balaban J connectivity index is 1.54. The van der Waals surface area contributed by atoms with Crippen molar-refractivity contribution in [3.63, 3.8) is 0 Å². The molecule has 1 aromatic carbocycles. The van der Waals surface area contributed by atoms with Crippen LogP contribution >= 0.6 is 0 Å². The molecule has 0 bridgehead atoms. The second-order valence-electron chi connectivity index (χ2n) is 7.35. The number of nitrogens with one attached hydrogen (secondary N) is 2. The van der Waals surface area contributed by atoms with Gasteiger partial charge in [0.1, 0.15) is 12.4 Å². The summed E-state index contributed by atoms with van der Waals surface area (Å²) in [6.07, 6.45) is 7.25. The summed E-state index contributed by atoms with van der Waals surface area (Å²) in [4.78, 5) is 13.8. The van der Waals surface area contributed by atoms with E-state index in [1.165, 1.54) is 49.1 Å². The highest BCUT2D eigenvalue weighted by atomic mass is 19.1. The van der Waals surface area contributed by atoms with Crippen LogP contribution in [0, 0.1) is 11.7 Å². The average Bonchev–Trinajstić information content (AvgIpc) is 3.36. The van der Waals surface area contributed by atoms with Gasteiger partial charge in [0.15, 0.2) is 6.54 Å². The molecule has 0 radical (unpaired) electrons. The lowest BCUT2D eigenvalue weighted by Gasteiger charge is -2.30. The van der Waals surface area contributed by atoms with Crippen LogP contribution in [0.5, 0.6) is 0 Å². The van der Waals surface area contributed by atoms with Crippen molar-refractivity contribution in [3.8, 4) is 0 Å². The van der Waals surface area contributed by atoms with E-state index in [2.05, 4.69) is 12.2 Å². The Kier molecular flexibility index (Phi) is 5.31. The first-order valence-corrected chi connectivity index (χ1v) is 9.00. The molecule has 3 nitrogen and oxygen atoms in total. The molecule has 1 amide bonds. The van der Waals surface area contributed by atoms with Gasteiger partial charge in [-0.25, -0.2) is 4.39 Å². The van der Waals surface area contributed by atoms with Crippen molar-refractivity contribution in [3.05, 3.63) is 35.6 Å². The quantitative estimate of drug-likeness (QED) is 0.827. The van der Waals surface area contributed by atoms with Gasteiger partial charge in [0.2, 0.25) is 0 Å². The maximum atomic E-state index is 13.0. The van der Waals surface area contributed by atoms with Crippen molar-refractivity contribution in [1.29, 1.82) is 0 Å². The highest BCUT2D eigenvalue weighted by Gasteiger charge is 2.35. The van der Waals surface area contributed by atoms with Gasteiger partial charge in [0.05, 0.1) is 6.04 Å². The molecule has 3 rings (SSSR count). The summed E-state index contributed by atoms with van der Waals surface area (Å²) < 4.78 is 13.0. The second-order valence-corrected chi connectivity index (χ2v) is 7.35. The topological polar surface area (TPSA) is 33.5 Å². The smallest absolute Gasteiger partial charge is 0.275 e. The van der Waals surface area contributed by atoms with Crippen molar-refractivity contribution in [1.82, 2.24) is 5.32 Å². The molecule has 0 aromatic heterocycles. The Bertz CT molecular complexity index is 527. The molecule has 2 aliphatic carbocycles. The van der Waals surface area contributed by atoms with Crippen molar-refractivity contribution in [2.45, 2.75) is 64.1 Å². The summed E-state index contributed by atoms with van der Waals surface area (Å²) in [5.41, 5.74) is 1.10. The summed E-state index contributed by atoms with van der Waals surface area (Å²) in [7, 11) is 0. The van der Waals surface area contributed by atoms with E-state index in [-0.39, 0.29) is 11.7 Å². The number of benzene rings is 1. The molecular formula is C19H28FN2O+. The lowest BCUT2D eigenvalue weighted by Crippen LogP contribution is -3.13. The summed E-state index contributed by atoms with van der Waals surface area (Å²) >= 11 is 0. The number of quaternary nitrogens is 1. The fraction of sp³-hybridized carbons (Fsp3) is 0.632.